The van der Waals surface area contributed by atoms with Gasteiger partial charge >= 0.3 is 0 Å². The summed E-state index contributed by atoms with van der Waals surface area (Å²) in [6.45, 7) is 4.47. The predicted octanol–water partition coefficient (Wildman–Crippen LogP) is 2.70. The molecule has 0 bridgehead atoms. The van der Waals surface area contributed by atoms with Gasteiger partial charge in [-0.05, 0) is 55.3 Å². The Morgan fingerprint density at radius 2 is 1.97 bits per heavy atom. The zero-order valence-electron chi connectivity index (χ0n) is 17.2. The van der Waals surface area contributed by atoms with Gasteiger partial charge in [0.1, 0.15) is 18.2 Å². The van der Waals surface area contributed by atoms with Crippen LogP contribution >= 0.6 is 0 Å². The van der Waals surface area contributed by atoms with Crippen molar-refractivity contribution in [1.82, 2.24) is 15.5 Å². The molecule has 0 saturated carbocycles. The Hall–Kier alpha value is -3.09. The number of carbonyl (C=O) groups excluding carboxylic acids is 1. The molecule has 2 rings (SSSR count). The van der Waals surface area contributed by atoms with Crippen molar-refractivity contribution in [2.24, 2.45) is 4.99 Å². The molecule has 1 amide bonds. The van der Waals surface area contributed by atoms with E-state index < -0.39 is 0 Å². The van der Waals surface area contributed by atoms with Crippen molar-refractivity contribution in [3.63, 3.8) is 0 Å². The zero-order valence-corrected chi connectivity index (χ0v) is 17.2. The maximum atomic E-state index is 12.9. The van der Waals surface area contributed by atoms with Gasteiger partial charge in [-0.3, -0.25) is 9.79 Å². The largest absolute Gasteiger partial charge is 0.492 e. The number of ether oxygens (including phenoxy) is 1. The molecule has 0 fully saturated rings. The van der Waals surface area contributed by atoms with Crippen LogP contribution in [0.5, 0.6) is 5.75 Å². The van der Waals surface area contributed by atoms with Gasteiger partial charge in [0, 0.05) is 32.7 Å². The average Bonchev–Trinajstić information content (AvgIpc) is 2.74. The molecule has 0 saturated heterocycles. The summed E-state index contributed by atoms with van der Waals surface area (Å²) < 4.78 is 18.6. The molecular formula is C22H29FN4O2. The lowest BCUT2D eigenvalue weighted by molar-refractivity contribution is 0.0963. The molecule has 2 N–H and O–H groups in total. The smallest absolute Gasteiger partial charge is 0.251 e. The van der Waals surface area contributed by atoms with E-state index in [9.17, 15) is 9.18 Å². The van der Waals surface area contributed by atoms with Crippen LogP contribution in [-0.2, 0) is 6.42 Å². The fraction of sp³-hybridized carbons (Fsp3) is 0.364. The van der Waals surface area contributed by atoms with Gasteiger partial charge in [-0.25, -0.2) is 4.39 Å². The minimum Gasteiger partial charge on any atom is -0.492 e. The van der Waals surface area contributed by atoms with Crippen LogP contribution in [0.1, 0.15) is 22.8 Å². The summed E-state index contributed by atoms with van der Waals surface area (Å²) in [5.41, 5.74) is 1.71. The van der Waals surface area contributed by atoms with Crippen LogP contribution < -0.4 is 15.4 Å². The molecule has 0 aliphatic rings. The molecule has 2 aromatic rings. The van der Waals surface area contributed by atoms with Crippen LogP contribution in [0, 0.1) is 5.82 Å². The van der Waals surface area contributed by atoms with Crippen LogP contribution in [0.3, 0.4) is 0 Å². The normalized spacial score (nSPS) is 11.1. The summed E-state index contributed by atoms with van der Waals surface area (Å²) in [6, 6.07) is 13.5. The van der Waals surface area contributed by atoms with E-state index in [2.05, 4.69) is 15.6 Å². The van der Waals surface area contributed by atoms with Crippen LogP contribution in [0.2, 0.25) is 0 Å². The third-order valence-corrected chi connectivity index (χ3v) is 4.28. The maximum Gasteiger partial charge on any atom is 0.251 e. The van der Waals surface area contributed by atoms with Gasteiger partial charge < -0.3 is 20.3 Å². The molecule has 0 atom stereocenters. The standard InChI is InChI=1S/C22H29FN4O2/c1-4-25-22(27(3)14-15-29-20-10-8-19(23)9-11-20)26-13-12-17-6-5-7-18(16-17)21(28)24-2/h5-11,16H,4,12-15H2,1-3H3,(H,24,28)(H,25,26). The zero-order chi connectivity index (χ0) is 21.1. The summed E-state index contributed by atoms with van der Waals surface area (Å²) in [4.78, 5) is 18.4. The van der Waals surface area contributed by atoms with Crippen molar-refractivity contribution in [1.29, 1.82) is 0 Å². The van der Waals surface area contributed by atoms with Crippen LogP contribution in [0.4, 0.5) is 4.39 Å². The predicted molar refractivity (Wildman–Crippen MR) is 114 cm³/mol. The number of aliphatic imine (C=N–C) groups is 1. The minimum atomic E-state index is -0.281. The molecule has 0 aromatic heterocycles. The quantitative estimate of drug-likeness (QED) is 0.502. The second-order valence-electron chi connectivity index (χ2n) is 6.49. The number of nitrogens with zero attached hydrogens (tertiary/aromatic N) is 2. The maximum absolute atomic E-state index is 12.9. The van der Waals surface area contributed by atoms with E-state index in [0.29, 0.717) is 31.0 Å². The Kier molecular flexibility index (Phi) is 8.95. The van der Waals surface area contributed by atoms with Crippen molar-refractivity contribution in [3.05, 3.63) is 65.5 Å². The van der Waals surface area contributed by atoms with Gasteiger partial charge in [-0.2, -0.15) is 0 Å². The second-order valence-corrected chi connectivity index (χ2v) is 6.49. The lowest BCUT2D eigenvalue weighted by atomic mass is 10.1. The topological polar surface area (TPSA) is 66.0 Å². The number of amides is 1. The minimum absolute atomic E-state index is 0.0930. The molecule has 29 heavy (non-hydrogen) atoms. The number of hydrogen-bond donors (Lipinski definition) is 2. The highest BCUT2D eigenvalue weighted by Gasteiger charge is 2.07. The van der Waals surface area contributed by atoms with Gasteiger partial charge in [0.15, 0.2) is 5.96 Å². The number of halogens is 1. The number of likely N-dealkylation sites (N-methyl/N-ethyl adjacent to an activating group) is 1. The molecule has 0 aliphatic carbocycles. The van der Waals surface area contributed by atoms with E-state index in [1.54, 1.807) is 25.2 Å². The molecule has 0 spiro atoms. The van der Waals surface area contributed by atoms with E-state index in [1.807, 2.05) is 37.1 Å². The van der Waals surface area contributed by atoms with Gasteiger partial charge in [-0.15, -0.1) is 0 Å². The number of carbonyl (C=O) groups is 1. The highest BCUT2D eigenvalue weighted by molar-refractivity contribution is 5.94. The SMILES string of the molecule is CCNC(=NCCc1cccc(C(=O)NC)c1)N(C)CCOc1ccc(F)cc1. The Morgan fingerprint density at radius 1 is 1.21 bits per heavy atom. The van der Waals surface area contributed by atoms with Crippen LogP contribution in [0.15, 0.2) is 53.5 Å². The third-order valence-electron chi connectivity index (χ3n) is 4.28. The fourth-order valence-corrected chi connectivity index (χ4v) is 2.71. The summed E-state index contributed by atoms with van der Waals surface area (Å²) in [6.07, 6.45) is 0.736. The number of nitrogens with one attached hydrogen (secondary N) is 2. The Balaban J connectivity index is 1.87. The molecule has 0 unspecified atom stereocenters. The first-order chi connectivity index (χ1) is 14.0. The van der Waals surface area contributed by atoms with E-state index in [-0.39, 0.29) is 11.7 Å². The summed E-state index contributed by atoms with van der Waals surface area (Å²) >= 11 is 0. The van der Waals surface area contributed by atoms with E-state index >= 15 is 0 Å². The number of hydrogen-bond acceptors (Lipinski definition) is 3. The van der Waals surface area contributed by atoms with Crippen molar-refractivity contribution in [2.45, 2.75) is 13.3 Å². The van der Waals surface area contributed by atoms with E-state index in [0.717, 1.165) is 24.5 Å². The van der Waals surface area contributed by atoms with Crippen molar-refractivity contribution < 1.29 is 13.9 Å². The Morgan fingerprint density at radius 3 is 2.66 bits per heavy atom. The first kappa shape index (κ1) is 22.2. The van der Waals surface area contributed by atoms with E-state index in [1.165, 1.54) is 12.1 Å². The Bertz CT molecular complexity index is 809. The molecule has 156 valence electrons. The van der Waals surface area contributed by atoms with E-state index in [4.69, 9.17) is 4.74 Å². The average molecular weight is 400 g/mol. The summed E-state index contributed by atoms with van der Waals surface area (Å²) in [5, 5.41) is 5.91. The number of rotatable bonds is 9. The van der Waals surface area contributed by atoms with Gasteiger partial charge in [-0.1, -0.05) is 12.1 Å². The highest BCUT2D eigenvalue weighted by Crippen LogP contribution is 2.11. The molecule has 0 heterocycles. The third kappa shape index (κ3) is 7.44. The lowest BCUT2D eigenvalue weighted by Crippen LogP contribution is -2.41. The fourth-order valence-electron chi connectivity index (χ4n) is 2.71. The van der Waals surface area contributed by atoms with Crippen LogP contribution in [-0.4, -0.2) is 57.1 Å². The number of guanidine groups is 1. The first-order valence-electron chi connectivity index (χ1n) is 9.72. The van der Waals surface area contributed by atoms with Crippen molar-refractivity contribution in [2.75, 3.05) is 40.3 Å². The molecule has 6 nitrogen and oxygen atoms in total. The highest BCUT2D eigenvalue weighted by atomic mass is 19.1. The van der Waals surface area contributed by atoms with Gasteiger partial charge in [0.25, 0.3) is 5.91 Å². The molecule has 0 aliphatic heterocycles. The molecule has 0 radical (unpaired) electrons. The lowest BCUT2D eigenvalue weighted by Gasteiger charge is -2.22. The second kappa shape index (κ2) is 11.7. The van der Waals surface area contributed by atoms with Gasteiger partial charge in [0.2, 0.25) is 0 Å². The monoisotopic (exact) mass is 400 g/mol. The first-order valence-corrected chi connectivity index (χ1v) is 9.72. The molecule has 2 aromatic carbocycles. The van der Waals surface area contributed by atoms with Crippen molar-refractivity contribution >= 4 is 11.9 Å². The Labute approximate surface area is 171 Å². The summed E-state index contributed by atoms with van der Waals surface area (Å²) in [7, 11) is 3.57. The van der Waals surface area contributed by atoms with Crippen LogP contribution in [0.25, 0.3) is 0 Å². The summed E-state index contributed by atoms with van der Waals surface area (Å²) in [5.74, 6) is 1.05. The van der Waals surface area contributed by atoms with Gasteiger partial charge in [0.05, 0.1) is 6.54 Å². The molecule has 7 heteroatoms. The van der Waals surface area contributed by atoms with Crippen molar-refractivity contribution in [3.8, 4) is 5.75 Å². The number of benzene rings is 2. The molecular weight excluding hydrogens is 371 g/mol.